The van der Waals surface area contributed by atoms with Gasteiger partial charge in [0, 0.05) is 26.7 Å². The summed E-state index contributed by atoms with van der Waals surface area (Å²) in [4.78, 5) is 4.26. The Balaban J connectivity index is 1.84. The Hall–Kier alpha value is -1.55. The van der Waals surface area contributed by atoms with Gasteiger partial charge in [-0.25, -0.2) is 0 Å². The van der Waals surface area contributed by atoms with Crippen LogP contribution in [0.15, 0.2) is 29.3 Å². The van der Waals surface area contributed by atoms with Crippen LogP contribution >= 0.6 is 0 Å². The van der Waals surface area contributed by atoms with Crippen molar-refractivity contribution in [2.24, 2.45) is 10.9 Å². The highest BCUT2D eigenvalue weighted by Crippen LogP contribution is 2.27. The largest absolute Gasteiger partial charge is 0.377 e. The van der Waals surface area contributed by atoms with Crippen LogP contribution in [0.1, 0.15) is 30.9 Å². The molecule has 2 rings (SSSR count). The number of benzene rings is 1. The van der Waals surface area contributed by atoms with E-state index in [2.05, 4.69) is 39.9 Å². The second-order valence-electron chi connectivity index (χ2n) is 5.16. The Morgan fingerprint density at radius 3 is 2.65 bits per heavy atom. The van der Waals surface area contributed by atoms with Crippen LogP contribution in [0.3, 0.4) is 0 Å². The molecule has 0 atom stereocenters. The van der Waals surface area contributed by atoms with Crippen molar-refractivity contribution in [2.75, 3.05) is 20.2 Å². The van der Waals surface area contributed by atoms with Crippen molar-refractivity contribution in [3.8, 4) is 0 Å². The third-order valence-electron chi connectivity index (χ3n) is 3.51. The molecular formula is C16H25N3O. The van der Waals surface area contributed by atoms with Gasteiger partial charge in [0.25, 0.3) is 0 Å². The van der Waals surface area contributed by atoms with E-state index in [0.29, 0.717) is 6.61 Å². The van der Waals surface area contributed by atoms with Gasteiger partial charge in [-0.05, 0) is 36.8 Å². The summed E-state index contributed by atoms with van der Waals surface area (Å²) < 4.78 is 5.51. The first-order valence-electron chi connectivity index (χ1n) is 7.42. The van der Waals surface area contributed by atoms with E-state index in [-0.39, 0.29) is 0 Å². The van der Waals surface area contributed by atoms with Crippen LogP contribution in [0.4, 0.5) is 0 Å². The van der Waals surface area contributed by atoms with Crippen LogP contribution in [0.5, 0.6) is 0 Å². The fourth-order valence-corrected chi connectivity index (χ4v) is 2.05. The molecule has 0 amide bonds. The minimum atomic E-state index is 0.669. The zero-order valence-electron chi connectivity index (χ0n) is 12.5. The summed E-state index contributed by atoms with van der Waals surface area (Å²) in [5.41, 5.74) is 2.50. The van der Waals surface area contributed by atoms with Crippen LogP contribution in [0.2, 0.25) is 0 Å². The number of hydrogen-bond acceptors (Lipinski definition) is 2. The highest BCUT2D eigenvalue weighted by atomic mass is 16.5. The molecule has 0 spiro atoms. The second kappa shape index (κ2) is 7.90. The third-order valence-corrected chi connectivity index (χ3v) is 3.51. The number of aliphatic imine (C=N–C) groups is 1. The standard InChI is InChI=1S/C16H25N3O/c1-3-20-12-15-7-5-4-6-14(15)11-19-16(17-2)18-10-13-8-9-13/h4-7,13H,3,8-12H2,1-2H3,(H2,17,18,19). The maximum absolute atomic E-state index is 5.51. The van der Waals surface area contributed by atoms with Gasteiger partial charge in [0.05, 0.1) is 6.61 Å². The van der Waals surface area contributed by atoms with Crippen LogP contribution in [-0.4, -0.2) is 26.2 Å². The Morgan fingerprint density at radius 1 is 1.25 bits per heavy atom. The first kappa shape index (κ1) is 14.9. The summed E-state index contributed by atoms with van der Waals surface area (Å²) in [5.74, 6) is 1.72. The Morgan fingerprint density at radius 2 is 2.00 bits per heavy atom. The molecule has 0 unspecified atom stereocenters. The molecule has 110 valence electrons. The normalized spacial score (nSPS) is 15.2. The molecule has 0 saturated heterocycles. The van der Waals surface area contributed by atoms with E-state index in [4.69, 9.17) is 4.74 Å². The molecule has 2 N–H and O–H groups in total. The van der Waals surface area contributed by atoms with E-state index in [1.165, 1.54) is 24.0 Å². The van der Waals surface area contributed by atoms with E-state index in [9.17, 15) is 0 Å². The lowest BCUT2D eigenvalue weighted by atomic mass is 10.1. The predicted octanol–water partition coefficient (Wildman–Crippen LogP) is 2.30. The van der Waals surface area contributed by atoms with Crippen molar-refractivity contribution in [3.63, 3.8) is 0 Å². The minimum Gasteiger partial charge on any atom is -0.377 e. The average molecular weight is 275 g/mol. The maximum atomic E-state index is 5.51. The molecule has 1 aliphatic carbocycles. The van der Waals surface area contributed by atoms with Crippen LogP contribution in [0.25, 0.3) is 0 Å². The third kappa shape index (κ3) is 4.85. The summed E-state index contributed by atoms with van der Waals surface area (Å²) in [6.45, 7) is 5.23. The van der Waals surface area contributed by atoms with Gasteiger partial charge in [-0.2, -0.15) is 0 Å². The van der Waals surface area contributed by atoms with Gasteiger partial charge in [0.1, 0.15) is 0 Å². The number of hydrogen-bond donors (Lipinski definition) is 2. The number of guanidine groups is 1. The zero-order valence-corrected chi connectivity index (χ0v) is 12.5. The summed E-state index contributed by atoms with van der Waals surface area (Å²) in [6.07, 6.45) is 2.70. The smallest absolute Gasteiger partial charge is 0.191 e. The van der Waals surface area contributed by atoms with Crippen LogP contribution in [0, 0.1) is 5.92 Å². The number of rotatable bonds is 7. The summed E-state index contributed by atoms with van der Waals surface area (Å²) in [7, 11) is 1.81. The molecule has 0 heterocycles. The van der Waals surface area contributed by atoms with Gasteiger partial charge in [-0.3, -0.25) is 4.99 Å². The van der Waals surface area contributed by atoms with E-state index < -0.39 is 0 Å². The number of nitrogens with one attached hydrogen (secondary N) is 2. The number of ether oxygens (including phenoxy) is 1. The summed E-state index contributed by atoms with van der Waals surface area (Å²) in [6, 6.07) is 8.37. The van der Waals surface area contributed by atoms with Gasteiger partial charge >= 0.3 is 0 Å². The van der Waals surface area contributed by atoms with Crippen molar-refractivity contribution < 1.29 is 4.74 Å². The first-order valence-corrected chi connectivity index (χ1v) is 7.42. The lowest BCUT2D eigenvalue weighted by molar-refractivity contribution is 0.133. The van der Waals surface area contributed by atoms with Gasteiger partial charge in [0.2, 0.25) is 0 Å². The molecule has 1 saturated carbocycles. The summed E-state index contributed by atoms with van der Waals surface area (Å²) >= 11 is 0. The molecule has 4 heteroatoms. The zero-order chi connectivity index (χ0) is 14.2. The summed E-state index contributed by atoms with van der Waals surface area (Å²) in [5, 5.41) is 6.74. The van der Waals surface area contributed by atoms with E-state index >= 15 is 0 Å². The van der Waals surface area contributed by atoms with Crippen LogP contribution in [-0.2, 0) is 17.9 Å². The van der Waals surface area contributed by atoms with Gasteiger partial charge in [-0.1, -0.05) is 24.3 Å². The van der Waals surface area contributed by atoms with E-state index in [1.54, 1.807) is 0 Å². The van der Waals surface area contributed by atoms with E-state index in [1.807, 2.05) is 14.0 Å². The SMILES string of the molecule is CCOCc1ccccc1CNC(=NC)NCC1CC1. The molecule has 1 aliphatic rings. The van der Waals surface area contributed by atoms with Gasteiger partial charge < -0.3 is 15.4 Å². The Labute approximate surface area is 121 Å². The fourth-order valence-electron chi connectivity index (χ4n) is 2.05. The quantitative estimate of drug-likeness (QED) is 0.593. The molecule has 0 bridgehead atoms. The Bertz CT molecular complexity index is 441. The van der Waals surface area contributed by atoms with Crippen molar-refractivity contribution in [1.29, 1.82) is 0 Å². The van der Waals surface area contributed by atoms with Crippen LogP contribution < -0.4 is 10.6 Å². The maximum Gasteiger partial charge on any atom is 0.191 e. The number of nitrogens with zero attached hydrogens (tertiary/aromatic N) is 1. The first-order chi connectivity index (χ1) is 9.83. The topological polar surface area (TPSA) is 45.6 Å². The molecule has 0 aromatic heterocycles. The molecule has 4 nitrogen and oxygen atoms in total. The average Bonchev–Trinajstić information content (AvgIpc) is 3.30. The van der Waals surface area contributed by atoms with Gasteiger partial charge in [0.15, 0.2) is 5.96 Å². The molecule has 0 aliphatic heterocycles. The molecule has 20 heavy (non-hydrogen) atoms. The van der Waals surface area contributed by atoms with Crippen molar-refractivity contribution in [3.05, 3.63) is 35.4 Å². The highest BCUT2D eigenvalue weighted by molar-refractivity contribution is 5.79. The van der Waals surface area contributed by atoms with Crippen molar-refractivity contribution in [1.82, 2.24) is 10.6 Å². The van der Waals surface area contributed by atoms with E-state index in [0.717, 1.165) is 31.6 Å². The van der Waals surface area contributed by atoms with Gasteiger partial charge in [-0.15, -0.1) is 0 Å². The molecule has 1 fully saturated rings. The lowest BCUT2D eigenvalue weighted by Gasteiger charge is -2.14. The predicted molar refractivity (Wildman–Crippen MR) is 82.7 cm³/mol. The molecule has 1 aromatic rings. The second-order valence-corrected chi connectivity index (χ2v) is 5.16. The van der Waals surface area contributed by atoms with Crippen molar-refractivity contribution >= 4 is 5.96 Å². The molecule has 0 radical (unpaired) electrons. The lowest BCUT2D eigenvalue weighted by Crippen LogP contribution is -2.38. The van der Waals surface area contributed by atoms with Crippen molar-refractivity contribution in [2.45, 2.75) is 32.9 Å². The molecular weight excluding hydrogens is 250 g/mol. The minimum absolute atomic E-state index is 0.669. The fraction of sp³-hybridized carbons (Fsp3) is 0.562. The highest BCUT2D eigenvalue weighted by Gasteiger charge is 2.21. The monoisotopic (exact) mass is 275 g/mol. The molecule has 1 aromatic carbocycles. The Kier molecular flexibility index (Phi) is 5.87.